The summed E-state index contributed by atoms with van der Waals surface area (Å²) in [6, 6.07) is 1.71. The Balaban J connectivity index is 1.83. The molecule has 0 bridgehead atoms. The molecule has 2 aliphatic heterocycles. The summed E-state index contributed by atoms with van der Waals surface area (Å²) < 4.78 is 23.5. The van der Waals surface area contributed by atoms with Crippen LogP contribution < -0.4 is 5.46 Å². The van der Waals surface area contributed by atoms with Crippen LogP contribution in [0.3, 0.4) is 0 Å². The third-order valence-corrected chi connectivity index (χ3v) is 5.45. The molecule has 0 spiro atoms. The van der Waals surface area contributed by atoms with Gasteiger partial charge in [-0.1, -0.05) is 6.07 Å². The van der Waals surface area contributed by atoms with Crippen LogP contribution in [-0.4, -0.2) is 59.7 Å². The molecule has 1 amide bonds. The standard InChI is InChI=1S/C20H31BN2O5/c1-18(2,3)26-17(24)23-8-9-25-13-16(23)14-10-15(12-22-11-14)21-27-19(4,5)20(6,7)28-21/h10-12,16H,8-9,13H2,1-7H3. The second-order valence-corrected chi connectivity index (χ2v) is 9.40. The number of rotatable bonds is 2. The lowest BCUT2D eigenvalue weighted by Gasteiger charge is -2.36. The minimum atomic E-state index is -0.553. The molecule has 0 N–H and O–H groups in total. The van der Waals surface area contributed by atoms with Gasteiger partial charge in [0.25, 0.3) is 0 Å². The Bertz CT molecular complexity index is 716. The number of amides is 1. The van der Waals surface area contributed by atoms with E-state index < -0.39 is 23.9 Å². The fourth-order valence-corrected chi connectivity index (χ4v) is 3.19. The number of hydrogen-bond donors (Lipinski definition) is 0. The van der Waals surface area contributed by atoms with E-state index in [1.54, 1.807) is 17.3 Å². The van der Waals surface area contributed by atoms with Crippen molar-refractivity contribution in [2.75, 3.05) is 19.8 Å². The van der Waals surface area contributed by atoms with Crippen molar-refractivity contribution in [2.45, 2.75) is 71.3 Å². The monoisotopic (exact) mass is 390 g/mol. The molecule has 0 aromatic carbocycles. The van der Waals surface area contributed by atoms with Gasteiger partial charge in [0.2, 0.25) is 0 Å². The molecule has 0 aliphatic carbocycles. The van der Waals surface area contributed by atoms with Crippen molar-refractivity contribution in [2.24, 2.45) is 0 Å². The van der Waals surface area contributed by atoms with E-state index in [2.05, 4.69) is 4.98 Å². The van der Waals surface area contributed by atoms with E-state index in [0.29, 0.717) is 19.8 Å². The molecule has 0 saturated carbocycles. The van der Waals surface area contributed by atoms with Crippen molar-refractivity contribution in [3.63, 3.8) is 0 Å². The predicted octanol–water partition coefficient (Wildman–Crippen LogP) is 2.69. The number of pyridine rings is 1. The van der Waals surface area contributed by atoms with Crippen LogP contribution in [-0.2, 0) is 18.8 Å². The first-order chi connectivity index (χ1) is 12.9. The largest absolute Gasteiger partial charge is 0.496 e. The van der Waals surface area contributed by atoms with Gasteiger partial charge in [-0.15, -0.1) is 0 Å². The first kappa shape index (κ1) is 21.1. The summed E-state index contributed by atoms with van der Waals surface area (Å²) in [4.78, 5) is 18.8. The second-order valence-electron chi connectivity index (χ2n) is 9.40. The van der Waals surface area contributed by atoms with Crippen LogP contribution in [0.25, 0.3) is 0 Å². The summed E-state index contributed by atoms with van der Waals surface area (Å²) in [6.45, 7) is 15.0. The van der Waals surface area contributed by atoms with Gasteiger partial charge in [0.15, 0.2) is 0 Å². The van der Waals surface area contributed by atoms with Crippen LogP contribution in [0.5, 0.6) is 0 Å². The van der Waals surface area contributed by atoms with Gasteiger partial charge in [-0.2, -0.15) is 0 Å². The topological polar surface area (TPSA) is 70.1 Å². The maximum Gasteiger partial charge on any atom is 0.496 e. The highest BCUT2D eigenvalue weighted by atomic mass is 16.7. The van der Waals surface area contributed by atoms with E-state index >= 15 is 0 Å². The summed E-state index contributed by atoms with van der Waals surface area (Å²) in [6.07, 6.45) is 3.15. The number of aromatic nitrogens is 1. The van der Waals surface area contributed by atoms with E-state index in [9.17, 15) is 4.79 Å². The van der Waals surface area contributed by atoms with Gasteiger partial charge in [0.05, 0.1) is 30.5 Å². The number of carbonyl (C=O) groups excluding carboxylic acids is 1. The molecule has 3 rings (SSSR count). The van der Waals surface area contributed by atoms with Crippen molar-refractivity contribution >= 4 is 18.7 Å². The summed E-state index contributed by atoms with van der Waals surface area (Å²) in [7, 11) is -0.503. The van der Waals surface area contributed by atoms with Gasteiger partial charge in [0.1, 0.15) is 5.60 Å². The van der Waals surface area contributed by atoms with Crippen molar-refractivity contribution < 1.29 is 23.6 Å². The lowest BCUT2D eigenvalue weighted by molar-refractivity contribution is -0.0331. The predicted molar refractivity (Wildman–Crippen MR) is 106 cm³/mol. The number of carbonyl (C=O) groups is 1. The molecule has 7 nitrogen and oxygen atoms in total. The van der Waals surface area contributed by atoms with Crippen molar-refractivity contribution in [3.8, 4) is 0 Å². The summed E-state index contributed by atoms with van der Waals surface area (Å²) in [5.41, 5.74) is 0.292. The number of morpholine rings is 1. The van der Waals surface area contributed by atoms with Crippen molar-refractivity contribution in [1.29, 1.82) is 0 Å². The fourth-order valence-electron chi connectivity index (χ4n) is 3.19. The quantitative estimate of drug-likeness (QED) is 0.724. The minimum Gasteiger partial charge on any atom is -0.444 e. The molecule has 2 saturated heterocycles. The van der Waals surface area contributed by atoms with Gasteiger partial charge in [-0.25, -0.2) is 4.79 Å². The Morgan fingerprint density at radius 2 is 1.86 bits per heavy atom. The van der Waals surface area contributed by atoms with E-state index in [1.165, 1.54) is 0 Å². The summed E-state index contributed by atoms with van der Waals surface area (Å²) >= 11 is 0. The summed E-state index contributed by atoms with van der Waals surface area (Å²) in [5, 5.41) is 0. The van der Waals surface area contributed by atoms with E-state index in [0.717, 1.165) is 11.0 Å². The lowest BCUT2D eigenvalue weighted by Crippen LogP contribution is -2.46. The molecule has 1 atom stereocenters. The molecule has 3 heterocycles. The average Bonchev–Trinajstić information content (AvgIpc) is 2.81. The average molecular weight is 390 g/mol. The van der Waals surface area contributed by atoms with Crippen LogP contribution in [0.15, 0.2) is 18.5 Å². The SMILES string of the molecule is CC(C)(C)OC(=O)N1CCOCC1c1cncc(B2OC(C)(C)C(C)(C)O2)c1. The third kappa shape index (κ3) is 4.34. The van der Waals surface area contributed by atoms with Crippen LogP contribution in [0, 0.1) is 0 Å². The lowest BCUT2D eigenvalue weighted by atomic mass is 9.79. The number of nitrogens with zero attached hydrogens (tertiary/aromatic N) is 2. The first-order valence-corrected chi connectivity index (χ1v) is 9.77. The van der Waals surface area contributed by atoms with Crippen LogP contribution in [0.4, 0.5) is 4.79 Å². The summed E-state index contributed by atoms with van der Waals surface area (Å²) in [5.74, 6) is 0. The Morgan fingerprint density at radius 3 is 2.46 bits per heavy atom. The maximum absolute atomic E-state index is 12.7. The molecule has 0 radical (unpaired) electrons. The highest BCUT2D eigenvalue weighted by Crippen LogP contribution is 2.36. The maximum atomic E-state index is 12.7. The molecule has 1 aromatic rings. The molecule has 28 heavy (non-hydrogen) atoms. The molecule has 1 aromatic heterocycles. The fraction of sp³-hybridized carbons (Fsp3) is 0.700. The Labute approximate surface area is 167 Å². The first-order valence-electron chi connectivity index (χ1n) is 9.77. The molecule has 2 fully saturated rings. The van der Waals surface area contributed by atoms with Crippen molar-refractivity contribution in [1.82, 2.24) is 9.88 Å². The van der Waals surface area contributed by atoms with E-state index in [-0.39, 0.29) is 12.1 Å². The zero-order chi connectivity index (χ0) is 20.7. The molecule has 1 unspecified atom stereocenters. The van der Waals surface area contributed by atoms with Crippen molar-refractivity contribution in [3.05, 3.63) is 24.0 Å². The van der Waals surface area contributed by atoms with Crippen LogP contribution in [0.2, 0.25) is 0 Å². The minimum absolute atomic E-state index is 0.265. The van der Waals surface area contributed by atoms with E-state index in [4.69, 9.17) is 18.8 Å². The molecule has 2 aliphatic rings. The molecular formula is C20H31BN2O5. The van der Waals surface area contributed by atoms with Gasteiger partial charge >= 0.3 is 13.2 Å². The highest BCUT2D eigenvalue weighted by Gasteiger charge is 2.52. The van der Waals surface area contributed by atoms with Crippen LogP contribution >= 0.6 is 0 Å². The highest BCUT2D eigenvalue weighted by molar-refractivity contribution is 6.62. The third-order valence-electron chi connectivity index (χ3n) is 5.45. The van der Waals surface area contributed by atoms with Gasteiger partial charge in [0, 0.05) is 24.4 Å². The Kier molecular flexibility index (Phi) is 5.51. The smallest absolute Gasteiger partial charge is 0.444 e. The Morgan fingerprint density at radius 1 is 1.21 bits per heavy atom. The number of ether oxygens (including phenoxy) is 2. The van der Waals surface area contributed by atoms with Gasteiger partial charge < -0.3 is 18.8 Å². The molecule has 8 heteroatoms. The Hall–Kier alpha value is -1.64. The van der Waals surface area contributed by atoms with Crippen LogP contribution in [0.1, 0.15) is 60.1 Å². The molecular weight excluding hydrogens is 359 g/mol. The zero-order valence-corrected chi connectivity index (χ0v) is 17.9. The molecule has 154 valence electrons. The number of hydrogen-bond acceptors (Lipinski definition) is 6. The zero-order valence-electron chi connectivity index (χ0n) is 17.9. The van der Waals surface area contributed by atoms with Gasteiger partial charge in [-0.3, -0.25) is 9.88 Å². The van der Waals surface area contributed by atoms with E-state index in [1.807, 2.05) is 54.5 Å². The second kappa shape index (κ2) is 7.32. The normalized spacial score (nSPS) is 24.3. The van der Waals surface area contributed by atoms with Gasteiger partial charge in [-0.05, 0) is 54.0 Å².